The van der Waals surface area contributed by atoms with Crippen LogP contribution in [0.3, 0.4) is 0 Å². The summed E-state index contributed by atoms with van der Waals surface area (Å²) < 4.78 is 10.7. The van der Waals surface area contributed by atoms with Crippen molar-refractivity contribution < 1.29 is 19.1 Å². The number of rotatable bonds is 9. The van der Waals surface area contributed by atoms with Crippen molar-refractivity contribution >= 4 is 23.7 Å². The van der Waals surface area contributed by atoms with Gasteiger partial charge in [-0.15, -0.1) is 0 Å². The summed E-state index contributed by atoms with van der Waals surface area (Å²) in [4.78, 5) is 34.2. The highest BCUT2D eigenvalue weighted by Crippen LogP contribution is 2.34. The summed E-state index contributed by atoms with van der Waals surface area (Å²) in [7, 11) is 4.87. The number of urea groups is 1. The Hall–Kier alpha value is -3.26. The van der Waals surface area contributed by atoms with Crippen LogP contribution in [0.5, 0.6) is 11.5 Å². The zero-order valence-corrected chi connectivity index (χ0v) is 22.6. The number of hydrogen-bond donors (Lipinski definition) is 0. The van der Waals surface area contributed by atoms with Crippen molar-refractivity contribution in [3.63, 3.8) is 0 Å². The number of benzene rings is 2. The Labute approximate surface area is 220 Å². The molecular formula is C29H40N4O4. The summed E-state index contributed by atoms with van der Waals surface area (Å²) in [5.74, 6) is 1.15. The number of nitrogens with zero attached hydrogens (tertiary/aromatic N) is 4. The lowest BCUT2D eigenvalue weighted by Gasteiger charge is -2.46. The molecule has 0 aliphatic carbocycles. The quantitative estimate of drug-likeness (QED) is 0.468. The van der Waals surface area contributed by atoms with E-state index in [0.717, 1.165) is 39.0 Å². The van der Waals surface area contributed by atoms with Crippen molar-refractivity contribution in [2.24, 2.45) is 0 Å². The minimum atomic E-state index is -0.813. The van der Waals surface area contributed by atoms with Crippen molar-refractivity contribution in [2.75, 3.05) is 63.8 Å². The molecule has 4 rings (SSSR count). The van der Waals surface area contributed by atoms with Crippen LogP contribution in [0.1, 0.15) is 38.2 Å². The highest BCUT2D eigenvalue weighted by Gasteiger charge is 2.42. The maximum Gasteiger partial charge on any atom is 0.325 e. The van der Waals surface area contributed by atoms with Crippen molar-refractivity contribution in [1.29, 1.82) is 0 Å². The standard InChI is InChI=1S/C29H40N4O4/c1-5-33(28(35)30(2)25-12-13-26(36-3)27(20-25)37-4)29(22-34)14-18-31(19-15-29)21-23-8-10-24(11-9-23)32-16-6-7-17-32/h8-13,20,22H,5-7,14-19,21H2,1-4H3. The molecule has 2 aliphatic heterocycles. The Morgan fingerprint density at radius 3 is 2.19 bits per heavy atom. The molecule has 2 aromatic rings. The van der Waals surface area contributed by atoms with Crippen molar-refractivity contribution in [1.82, 2.24) is 9.80 Å². The fourth-order valence-corrected chi connectivity index (χ4v) is 5.56. The largest absolute Gasteiger partial charge is 0.493 e. The second-order valence-electron chi connectivity index (χ2n) is 9.98. The van der Waals surface area contributed by atoms with E-state index in [2.05, 4.69) is 34.1 Å². The zero-order valence-electron chi connectivity index (χ0n) is 22.6. The Balaban J connectivity index is 1.40. The molecule has 0 spiro atoms. The molecule has 0 radical (unpaired) electrons. The minimum absolute atomic E-state index is 0.201. The number of amides is 2. The van der Waals surface area contributed by atoms with Crippen molar-refractivity contribution in [3.8, 4) is 11.5 Å². The summed E-state index contributed by atoms with van der Waals surface area (Å²) >= 11 is 0. The molecule has 200 valence electrons. The first kappa shape index (κ1) is 26.8. The second kappa shape index (κ2) is 11.9. The number of aldehydes is 1. The Morgan fingerprint density at radius 2 is 1.62 bits per heavy atom. The van der Waals surface area contributed by atoms with Crippen LogP contribution >= 0.6 is 0 Å². The molecule has 2 fully saturated rings. The topological polar surface area (TPSA) is 65.6 Å². The van der Waals surface area contributed by atoms with Gasteiger partial charge in [-0.1, -0.05) is 12.1 Å². The first-order chi connectivity index (χ1) is 17.9. The molecule has 2 aliphatic rings. The van der Waals surface area contributed by atoms with Gasteiger partial charge in [-0.2, -0.15) is 0 Å². The van der Waals surface area contributed by atoms with E-state index in [1.807, 2.05) is 13.0 Å². The number of likely N-dealkylation sites (tertiary alicyclic amines) is 1. The molecule has 2 amide bonds. The molecule has 2 aromatic carbocycles. The summed E-state index contributed by atoms with van der Waals surface area (Å²) in [5, 5.41) is 0. The average Bonchev–Trinajstić information content (AvgIpc) is 3.49. The van der Waals surface area contributed by atoms with Crippen LogP contribution in [-0.4, -0.2) is 81.6 Å². The van der Waals surface area contributed by atoms with E-state index in [4.69, 9.17) is 9.47 Å². The van der Waals surface area contributed by atoms with Crippen LogP contribution in [0.15, 0.2) is 42.5 Å². The number of carbonyl (C=O) groups excluding carboxylic acids is 2. The normalized spacial score (nSPS) is 17.4. The van der Waals surface area contributed by atoms with Gasteiger partial charge >= 0.3 is 6.03 Å². The summed E-state index contributed by atoms with van der Waals surface area (Å²) in [5.41, 5.74) is 2.44. The van der Waals surface area contributed by atoms with Gasteiger partial charge in [0, 0.05) is 63.8 Å². The number of hydrogen-bond acceptors (Lipinski definition) is 6. The molecule has 0 unspecified atom stereocenters. The van der Waals surface area contributed by atoms with Crippen LogP contribution in [-0.2, 0) is 11.3 Å². The van der Waals surface area contributed by atoms with Gasteiger partial charge in [-0.05, 0) is 62.4 Å². The number of methoxy groups -OCH3 is 2. The molecule has 2 heterocycles. The van der Waals surface area contributed by atoms with Gasteiger partial charge in [0.1, 0.15) is 11.8 Å². The maximum absolute atomic E-state index is 13.6. The predicted octanol–water partition coefficient (Wildman–Crippen LogP) is 4.42. The maximum atomic E-state index is 13.6. The third-order valence-electron chi connectivity index (χ3n) is 7.88. The van der Waals surface area contributed by atoms with E-state index in [1.165, 1.54) is 24.1 Å². The number of piperidine rings is 1. The smallest absolute Gasteiger partial charge is 0.325 e. The van der Waals surface area contributed by atoms with Gasteiger partial charge in [0.15, 0.2) is 11.5 Å². The first-order valence-electron chi connectivity index (χ1n) is 13.2. The van der Waals surface area contributed by atoms with E-state index in [-0.39, 0.29) is 6.03 Å². The first-order valence-corrected chi connectivity index (χ1v) is 13.2. The lowest BCUT2D eigenvalue weighted by atomic mass is 9.87. The van der Waals surface area contributed by atoms with Crippen LogP contribution in [0.4, 0.5) is 16.2 Å². The molecule has 0 atom stereocenters. The van der Waals surface area contributed by atoms with Gasteiger partial charge in [0.05, 0.1) is 14.2 Å². The van der Waals surface area contributed by atoms with Crippen LogP contribution in [0.2, 0.25) is 0 Å². The second-order valence-corrected chi connectivity index (χ2v) is 9.98. The van der Waals surface area contributed by atoms with Gasteiger partial charge in [0.25, 0.3) is 0 Å². The fourth-order valence-electron chi connectivity index (χ4n) is 5.56. The van der Waals surface area contributed by atoms with Crippen molar-refractivity contribution in [3.05, 3.63) is 48.0 Å². The molecule has 0 aromatic heterocycles. The Bertz CT molecular complexity index is 1060. The monoisotopic (exact) mass is 508 g/mol. The van der Waals surface area contributed by atoms with Crippen LogP contribution in [0, 0.1) is 0 Å². The van der Waals surface area contributed by atoms with E-state index in [1.54, 1.807) is 43.2 Å². The molecule has 0 saturated carbocycles. The number of likely N-dealkylation sites (N-methyl/N-ethyl adjacent to an activating group) is 1. The van der Waals surface area contributed by atoms with Crippen LogP contribution in [0.25, 0.3) is 0 Å². The molecule has 8 heteroatoms. The number of carbonyl (C=O) groups is 2. The van der Waals surface area contributed by atoms with E-state index in [0.29, 0.717) is 36.6 Å². The van der Waals surface area contributed by atoms with E-state index >= 15 is 0 Å². The Morgan fingerprint density at radius 1 is 0.973 bits per heavy atom. The molecule has 8 nitrogen and oxygen atoms in total. The third kappa shape index (κ3) is 5.69. The van der Waals surface area contributed by atoms with E-state index in [9.17, 15) is 9.59 Å². The van der Waals surface area contributed by atoms with Gasteiger partial charge in [0.2, 0.25) is 0 Å². The molecule has 2 saturated heterocycles. The summed E-state index contributed by atoms with van der Waals surface area (Å²) in [6.45, 7) is 7.04. The highest BCUT2D eigenvalue weighted by molar-refractivity contribution is 5.94. The molecule has 0 N–H and O–H groups in total. The summed E-state index contributed by atoms with van der Waals surface area (Å²) in [6, 6.07) is 14.1. The SMILES string of the molecule is CCN(C(=O)N(C)c1ccc(OC)c(OC)c1)C1(C=O)CCN(Cc2ccc(N3CCCC3)cc2)CC1. The minimum Gasteiger partial charge on any atom is -0.493 e. The highest BCUT2D eigenvalue weighted by atomic mass is 16.5. The number of ether oxygens (including phenoxy) is 2. The predicted molar refractivity (Wildman–Crippen MR) is 147 cm³/mol. The van der Waals surface area contributed by atoms with Crippen LogP contribution < -0.4 is 19.3 Å². The lowest BCUT2D eigenvalue weighted by Crippen LogP contribution is -2.60. The average molecular weight is 509 g/mol. The zero-order chi connectivity index (χ0) is 26.4. The molecular weight excluding hydrogens is 468 g/mol. The van der Waals surface area contributed by atoms with Gasteiger partial charge in [-0.25, -0.2) is 4.79 Å². The Kier molecular flexibility index (Phi) is 8.59. The van der Waals surface area contributed by atoms with Gasteiger partial charge < -0.3 is 24.1 Å². The van der Waals surface area contributed by atoms with Gasteiger partial charge in [-0.3, -0.25) is 9.80 Å². The molecule has 0 bridgehead atoms. The summed E-state index contributed by atoms with van der Waals surface area (Å²) in [6.07, 6.45) is 4.76. The fraction of sp³-hybridized carbons (Fsp3) is 0.517. The lowest BCUT2D eigenvalue weighted by molar-refractivity contribution is -0.119. The van der Waals surface area contributed by atoms with E-state index < -0.39 is 5.54 Å². The molecule has 37 heavy (non-hydrogen) atoms. The number of anilines is 2. The van der Waals surface area contributed by atoms with Crippen molar-refractivity contribution in [2.45, 2.75) is 44.7 Å². The third-order valence-corrected chi connectivity index (χ3v) is 7.88.